The minimum Gasteiger partial charge on any atom is -0.493 e. The average molecular weight is 520 g/mol. The number of hydrogen-bond acceptors (Lipinski definition) is 7. The van der Waals surface area contributed by atoms with Crippen LogP contribution in [0.2, 0.25) is 0 Å². The fraction of sp³-hybridized carbons (Fsp3) is 0.286. The van der Waals surface area contributed by atoms with E-state index in [1.807, 2.05) is 18.2 Å². The van der Waals surface area contributed by atoms with Crippen LogP contribution >= 0.6 is 0 Å². The molecule has 2 N–H and O–H groups in total. The molecule has 5 rings (SSSR count). The zero-order valence-corrected chi connectivity index (χ0v) is 21.3. The Bertz CT molecular complexity index is 1440. The third-order valence-electron chi connectivity index (χ3n) is 6.97. The molecular weight excluding hydrogens is 492 g/mol. The number of benzene rings is 1. The second-order valence-electron chi connectivity index (χ2n) is 9.39. The number of methoxy groups -OCH3 is 2. The maximum atomic E-state index is 15.3. The van der Waals surface area contributed by atoms with Crippen LogP contribution in [0.15, 0.2) is 53.5 Å². The lowest BCUT2D eigenvalue weighted by Crippen LogP contribution is -2.45. The molecule has 1 aliphatic heterocycles. The number of nitrogens with two attached hydrogens (primary N) is 1. The second-order valence-corrected chi connectivity index (χ2v) is 9.39. The summed E-state index contributed by atoms with van der Waals surface area (Å²) in [6.45, 7) is 2.13. The first-order chi connectivity index (χ1) is 18.3. The molecule has 1 amide bonds. The van der Waals surface area contributed by atoms with Gasteiger partial charge in [0.2, 0.25) is 5.91 Å². The molecule has 0 unspecified atom stereocenters. The van der Waals surface area contributed by atoms with E-state index in [4.69, 9.17) is 15.2 Å². The lowest BCUT2D eigenvalue weighted by atomic mass is 9.85. The zero-order chi connectivity index (χ0) is 27.0. The molecule has 8 nitrogen and oxygen atoms in total. The number of halogens is 2. The van der Waals surface area contributed by atoms with Crippen LogP contribution in [-0.2, 0) is 23.3 Å². The zero-order valence-electron chi connectivity index (χ0n) is 21.3. The fourth-order valence-corrected chi connectivity index (χ4v) is 4.82. The number of carbonyl (C=O) groups is 1. The predicted octanol–water partition coefficient (Wildman–Crippen LogP) is 4.31. The van der Waals surface area contributed by atoms with E-state index in [2.05, 4.69) is 15.0 Å². The number of amides is 1. The van der Waals surface area contributed by atoms with Crippen molar-refractivity contribution in [3.8, 4) is 11.5 Å². The van der Waals surface area contributed by atoms with Crippen LogP contribution in [0, 0.1) is 11.6 Å². The normalized spacial score (nSPS) is 16.4. The van der Waals surface area contributed by atoms with Gasteiger partial charge >= 0.3 is 0 Å². The first-order valence-electron chi connectivity index (χ1n) is 12.1. The van der Waals surface area contributed by atoms with E-state index in [1.54, 1.807) is 31.7 Å². The predicted molar refractivity (Wildman–Crippen MR) is 139 cm³/mol. The molecule has 1 aliphatic carbocycles. The number of anilines is 1. The van der Waals surface area contributed by atoms with Crippen molar-refractivity contribution in [2.75, 3.05) is 19.1 Å². The molecule has 38 heavy (non-hydrogen) atoms. The summed E-state index contributed by atoms with van der Waals surface area (Å²) in [5.74, 6) is -2.73. The Balaban J connectivity index is 1.52. The van der Waals surface area contributed by atoms with Crippen molar-refractivity contribution in [3.05, 3.63) is 82.6 Å². The Kier molecular flexibility index (Phi) is 6.56. The number of aromatic nitrogens is 2. The topological polar surface area (TPSA) is 103 Å². The molecule has 1 aromatic carbocycles. The van der Waals surface area contributed by atoms with Crippen molar-refractivity contribution >= 4 is 23.4 Å². The number of nitrogens with zero attached hydrogens (tertiary/aromatic N) is 4. The SMILES string of the molecule is COc1cc(OC)c(F)c(N2Cc3cnc(C(C=NCc4cccnc4)=C(C)N)cc3C3(CC3)C2=O)c1F. The van der Waals surface area contributed by atoms with Crippen LogP contribution in [-0.4, -0.2) is 36.3 Å². The number of hydrogen-bond donors (Lipinski definition) is 1. The Labute approximate surface area is 218 Å². The van der Waals surface area contributed by atoms with Crippen LogP contribution in [0.1, 0.15) is 42.1 Å². The highest BCUT2D eigenvalue weighted by Gasteiger charge is 2.57. The third-order valence-corrected chi connectivity index (χ3v) is 6.97. The number of aliphatic imine (C=N–C) groups is 1. The van der Waals surface area contributed by atoms with Crippen molar-refractivity contribution in [1.82, 2.24) is 9.97 Å². The van der Waals surface area contributed by atoms with Gasteiger partial charge in [-0.25, -0.2) is 8.78 Å². The molecule has 1 fully saturated rings. The van der Waals surface area contributed by atoms with Crippen LogP contribution in [0.25, 0.3) is 5.57 Å². The first kappa shape index (κ1) is 25.3. The summed E-state index contributed by atoms with van der Waals surface area (Å²) in [5.41, 5.74) is 8.97. The molecule has 3 aromatic rings. The maximum Gasteiger partial charge on any atom is 0.238 e. The molecule has 1 saturated carbocycles. The largest absolute Gasteiger partial charge is 0.493 e. The number of pyridine rings is 2. The van der Waals surface area contributed by atoms with Gasteiger partial charge in [-0.1, -0.05) is 6.07 Å². The second kappa shape index (κ2) is 9.85. The van der Waals surface area contributed by atoms with Crippen LogP contribution < -0.4 is 20.1 Å². The highest BCUT2D eigenvalue weighted by Crippen LogP contribution is 2.55. The van der Waals surface area contributed by atoms with Gasteiger partial charge in [0.1, 0.15) is 5.69 Å². The van der Waals surface area contributed by atoms with Crippen molar-refractivity contribution in [2.24, 2.45) is 10.7 Å². The summed E-state index contributed by atoms with van der Waals surface area (Å²) in [6.07, 6.45) is 7.85. The molecule has 196 valence electrons. The molecule has 0 saturated heterocycles. The molecule has 1 spiro atoms. The molecule has 0 bridgehead atoms. The number of allylic oxidation sites excluding steroid dienone is 2. The number of rotatable bonds is 7. The van der Waals surface area contributed by atoms with E-state index in [1.165, 1.54) is 14.2 Å². The molecule has 3 heterocycles. The summed E-state index contributed by atoms with van der Waals surface area (Å²) in [4.78, 5) is 28.0. The van der Waals surface area contributed by atoms with E-state index in [9.17, 15) is 4.79 Å². The van der Waals surface area contributed by atoms with Gasteiger partial charge in [0.25, 0.3) is 0 Å². The minimum atomic E-state index is -0.961. The van der Waals surface area contributed by atoms with Gasteiger partial charge in [-0.15, -0.1) is 0 Å². The van der Waals surface area contributed by atoms with Gasteiger partial charge in [0.15, 0.2) is 23.1 Å². The summed E-state index contributed by atoms with van der Waals surface area (Å²) in [5, 5.41) is 0. The smallest absolute Gasteiger partial charge is 0.238 e. The number of fused-ring (bicyclic) bond motifs is 2. The highest BCUT2D eigenvalue weighted by molar-refractivity contribution is 6.10. The first-order valence-corrected chi connectivity index (χ1v) is 12.1. The van der Waals surface area contributed by atoms with Gasteiger partial charge in [-0.2, -0.15) is 0 Å². The Morgan fingerprint density at radius 3 is 2.47 bits per heavy atom. The van der Waals surface area contributed by atoms with Crippen LogP contribution in [0.4, 0.5) is 14.5 Å². The van der Waals surface area contributed by atoms with Crippen molar-refractivity contribution in [3.63, 3.8) is 0 Å². The van der Waals surface area contributed by atoms with Crippen molar-refractivity contribution < 1.29 is 23.0 Å². The standard InChI is InChI=1S/C28H27F2N5O3/c1-16(31)19(14-33-12-17-5-4-8-32-11-17)21-9-20-18(13-34-21)15-35(27(36)28(20)6-7-28)26-24(29)22(37-2)10-23(38-3)25(26)30/h4-5,8-11,13-14H,6-7,12,15,31H2,1-3H3. The molecule has 0 radical (unpaired) electrons. The Hall–Kier alpha value is -4.34. The van der Waals surface area contributed by atoms with Gasteiger partial charge < -0.3 is 20.1 Å². The lowest BCUT2D eigenvalue weighted by Gasteiger charge is -2.35. The average Bonchev–Trinajstić information content (AvgIpc) is 3.72. The van der Waals surface area contributed by atoms with Gasteiger partial charge in [-0.3, -0.25) is 19.8 Å². The molecular formula is C28H27F2N5O3. The Morgan fingerprint density at radius 1 is 1.18 bits per heavy atom. The van der Waals surface area contributed by atoms with Crippen molar-refractivity contribution in [2.45, 2.75) is 38.3 Å². The summed E-state index contributed by atoms with van der Waals surface area (Å²) >= 11 is 0. The molecule has 0 atom stereocenters. The van der Waals surface area contributed by atoms with E-state index in [0.29, 0.717) is 41.9 Å². The number of ether oxygens (including phenoxy) is 2. The summed E-state index contributed by atoms with van der Waals surface area (Å²) in [6, 6.07) is 6.74. The summed E-state index contributed by atoms with van der Waals surface area (Å²) < 4.78 is 40.7. The fourth-order valence-electron chi connectivity index (χ4n) is 4.82. The van der Waals surface area contributed by atoms with Gasteiger partial charge in [0.05, 0.1) is 38.4 Å². The van der Waals surface area contributed by atoms with E-state index < -0.39 is 22.7 Å². The van der Waals surface area contributed by atoms with E-state index in [0.717, 1.165) is 22.1 Å². The monoisotopic (exact) mass is 519 g/mol. The van der Waals surface area contributed by atoms with Crippen LogP contribution in [0.3, 0.4) is 0 Å². The lowest BCUT2D eigenvalue weighted by molar-refractivity contribution is -0.121. The third kappa shape index (κ3) is 4.25. The van der Waals surface area contributed by atoms with Gasteiger partial charge in [0, 0.05) is 42.1 Å². The Morgan fingerprint density at radius 2 is 1.89 bits per heavy atom. The van der Waals surface area contributed by atoms with Gasteiger partial charge in [-0.05, 0) is 48.6 Å². The van der Waals surface area contributed by atoms with Crippen LogP contribution in [0.5, 0.6) is 11.5 Å². The molecule has 2 aromatic heterocycles. The maximum absolute atomic E-state index is 15.3. The highest BCUT2D eigenvalue weighted by atomic mass is 19.1. The van der Waals surface area contributed by atoms with E-state index in [-0.39, 0.29) is 24.0 Å². The van der Waals surface area contributed by atoms with E-state index >= 15 is 8.78 Å². The van der Waals surface area contributed by atoms with Crippen molar-refractivity contribution in [1.29, 1.82) is 0 Å². The molecule has 2 aliphatic rings. The molecule has 10 heteroatoms. The quantitative estimate of drug-likeness (QED) is 0.467. The minimum absolute atomic E-state index is 0.0525. The number of carbonyl (C=O) groups excluding carboxylic acids is 1. The summed E-state index contributed by atoms with van der Waals surface area (Å²) in [7, 11) is 2.54.